The number of carbonyl (C=O) groups is 2. The Morgan fingerprint density at radius 2 is 1.53 bits per heavy atom. The molecule has 2 atom stereocenters. The minimum atomic E-state index is -0.927. The highest BCUT2D eigenvalue weighted by molar-refractivity contribution is 5.81. The van der Waals surface area contributed by atoms with Crippen molar-refractivity contribution in [2.45, 2.75) is 44.1 Å². The Kier molecular flexibility index (Phi) is 4.97. The number of aliphatic carboxylic acids is 1. The van der Waals surface area contributed by atoms with E-state index in [0.717, 1.165) is 24.0 Å². The van der Waals surface area contributed by atoms with Crippen molar-refractivity contribution in [1.82, 2.24) is 4.90 Å². The molecule has 5 rings (SSSR count). The first-order chi connectivity index (χ1) is 14.6. The van der Waals surface area contributed by atoms with Crippen molar-refractivity contribution >= 4 is 12.1 Å². The van der Waals surface area contributed by atoms with Gasteiger partial charge >= 0.3 is 12.1 Å². The van der Waals surface area contributed by atoms with E-state index in [9.17, 15) is 14.7 Å². The second-order valence-electron chi connectivity index (χ2n) is 8.85. The van der Waals surface area contributed by atoms with E-state index in [1.54, 1.807) is 0 Å². The lowest BCUT2D eigenvalue weighted by Gasteiger charge is -2.23. The van der Waals surface area contributed by atoms with E-state index >= 15 is 0 Å². The smallest absolute Gasteiger partial charge is 0.410 e. The number of nitrogens with zero attached hydrogens (tertiary/aromatic N) is 1. The van der Waals surface area contributed by atoms with Crippen molar-refractivity contribution in [2.24, 2.45) is 11.8 Å². The average Bonchev–Trinajstić information content (AvgIpc) is 3.49. The predicted octanol–water partition coefficient (Wildman–Crippen LogP) is 4.90. The van der Waals surface area contributed by atoms with Crippen LogP contribution in [0.5, 0.6) is 0 Å². The summed E-state index contributed by atoms with van der Waals surface area (Å²) in [4.78, 5) is 26.2. The average molecular weight is 405 g/mol. The van der Waals surface area contributed by atoms with Crippen LogP contribution in [0.2, 0.25) is 0 Å². The molecule has 0 aromatic heterocycles. The molecule has 1 N–H and O–H groups in total. The number of amides is 1. The number of fused-ring (bicyclic) bond motifs is 3. The highest BCUT2D eigenvalue weighted by Crippen LogP contribution is 2.45. The second kappa shape index (κ2) is 7.78. The summed E-state index contributed by atoms with van der Waals surface area (Å²) < 4.78 is 5.74. The van der Waals surface area contributed by atoms with Gasteiger partial charge in [0.1, 0.15) is 12.6 Å². The van der Waals surface area contributed by atoms with Crippen LogP contribution in [0.4, 0.5) is 4.79 Å². The Morgan fingerprint density at radius 3 is 2.13 bits per heavy atom. The third-order valence-electron chi connectivity index (χ3n) is 7.26. The van der Waals surface area contributed by atoms with E-state index in [1.165, 1.54) is 28.9 Å². The molecule has 1 amide bonds. The molecule has 156 valence electrons. The molecule has 5 nitrogen and oxygen atoms in total. The van der Waals surface area contributed by atoms with Crippen molar-refractivity contribution < 1.29 is 19.4 Å². The fourth-order valence-electron chi connectivity index (χ4n) is 5.75. The second-order valence-corrected chi connectivity index (χ2v) is 8.85. The van der Waals surface area contributed by atoms with Gasteiger partial charge in [0.2, 0.25) is 0 Å². The summed E-state index contributed by atoms with van der Waals surface area (Å²) in [6.45, 7) is 0.724. The Bertz CT molecular complexity index is 920. The van der Waals surface area contributed by atoms with Crippen molar-refractivity contribution in [2.75, 3.05) is 13.2 Å². The van der Waals surface area contributed by atoms with Gasteiger partial charge in [-0.15, -0.1) is 0 Å². The number of carboxylic acid groups (broad SMARTS) is 1. The molecule has 1 saturated carbocycles. The lowest BCUT2D eigenvalue weighted by atomic mass is 9.89. The van der Waals surface area contributed by atoms with Gasteiger partial charge in [0.05, 0.1) is 0 Å². The van der Waals surface area contributed by atoms with Gasteiger partial charge in [0.25, 0.3) is 0 Å². The molecular formula is C25H27NO4. The zero-order valence-electron chi connectivity index (χ0n) is 17.0. The highest BCUT2D eigenvalue weighted by Gasteiger charge is 2.44. The molecular weight excluding hydrogens is 378 g/mol. The normalized spacial score (nSPS) is 23.4. The molecule has 1 aliphatic heterocycles. The number of ether oxygens (including phenoxy) is 1. The maximum absolute atomic E-state index is 12.9. The van der Waals surface area contributed by atoms with Crippen LogP contribution < -0.4 is 0 Å². The first-order valence-electron chi connectivity index (χ1n) is 11.0. The van der Waals surface area contributed by atoms with E-state index in [4.69, 9.17) is 4.74 Å². The molecule has 0 radical (unpaired) electrons. The number of hydrogen-bond donors (Lipinski definition) is 1. The monoisotopic (exact) mass is 405 g/mol. The van der Waals surface area contributed by atoms with Crippen molar-refractivity contribution in [3.05, 3.63) is 59.7 Å². The van der Waals surface area contributed by atoms with Gasteiger partial charge in [-0.2, -0.15) is 0 Å². The molecule has 2 aromatic carbocycles. The van der Waals surface area contributed by atoms with Gasteiger partial charge in [0, 0.05) is 12.5 Å². The summed E-state index contributed by atoms with van der Waals surface area (Å²) in [5.74, 6) is -0.130. The van der Waals surface area contributed by atoms with Crippen LogP contribution in [-0.2, 0) is 9.53 Å². The molecule has 30 heavy (non-hydrogen) atoms. The van der Waals surface area contributed by atoms with Crippen LogP contribution in [0.1, 0.15) is 49.1 Å². The first-order valence-corrected chi connectivity index (χ1v) is 11.0. The lowest BCUT2D eigenvalue weighted by Crippen LogP contribution is -2.41. The fraction of sp³-hybridized carbons (Fsp3) is 0.440. The van der Waals surface area contributed by atoms with Gasteiger partial charge in [-0.25, -0.2) is 9.59 Å². The van der Waals surface area contributed by atoms with Gasteiger partial charge < -0.3 is 9.84 Å². The van der Waals surface area contributed by atoms with Crippen molar-refractivity contribution in [1.29, 1.82) is 0 Å². The number of carbonyl (C=O) groups excluding carboxylic acids is 1. The van der Waals surface area contributed by atoms with Crippen LogP contribution in [-0.4, -0.2) is 41.3 Å². The summed E-state index contributed by atoms with van der Waals surface area (Å²) in [6.07, 6.45) is 4.77. The molecule has 1 heterocycles. The van der Waals surface area contributed by atoms with Crippen LogP contribution in [0.3, 0.4) is 0 Å². The highest BCUT2D eigenvalue weighted by atomic mass is 16.6. The van der Waals surface area contributed by atoms with E-state index < -0.39 is 18.1 Å². The number of hydrogen-bond acceptors (Lipinski definition) is 3. The standard InChI is InChI=1S/C25H27NO4/c27-24(28)23-13-17(16-7-1-2-8-16)14-26(23)25(29)30-15-22-20-11-5-3-9-18(20)19-10-4-6-12-21(19)22/h3-6,9-12,16-17,22-23H,1-2,7-8,13-15H2,(H,27,28). The molecule has 2 unspecified atom stereocenters. The minimum Gasteiger partial charge on any atom is -0.480 e. The Balaban J connectivity index is 1.31. The van der Waals surface area contributed by atoms with Gasteiger partial charge in [-0.3, -0.25) is 4.90 Å². The summed E-state index contributed by atoms with van der Waals surface area (Å²) in [5.41, 5.74) is 4.68. The van der Waals surface area contributed by atoms with Gasteiger partial charge in [-0.1, -0.05) is 74.2 Å². The first kappa shape index (κ1) is 19.2. The predicted molar refractivity (Wildman–Crippen MR) is 113 cm³/mol. The molecule has 0 spiro atoms. The van der Waals surface area contributed by atoms with Crippen LogP contribution >= 0.6 is 0 Å². The molecule has 2 aliphatic carbocycles. The quantitative estimate of drug-likeness (QED) is 0.786. The third-order valence-corrected chi connectivity index (χ3v) is 7.26. The number of rotatable bonds is 4. The summed E-state index contributed by atoms with van der Waals surface area (Å²) in [7, 11) is 0. The van der Waals surface area contributed by atoms with Crippen LogP contribution in [0.25, 0.3) is 11.1 Å². The Hall–Kier alpha value is -2.82. The number of likely N-dealkylation sites (tertiary alicyclic amines) is 1. The maximum Gasteiger partial charge on any atom is 0.410 e. The summed E-state index contributed by atoms with van der Waals surface area (Å²) in [6, 6.07) is 15.7. The summed E-state index contributed by atoms with van der Waals surface area (Å²) in [5, 5.41) is 9.68. The minimum absolute atomic E-state index is 0.0159. The third kappa shape index (κ3) is 3.26. The number of benzene rings is 2. The molecule has 5 heteroatoms. The van der Waals surface area contributed by atoms with E-state index in [0.29, 0.717) is 18.9 Å². The van der Waals surface area contributed by atoms with Gasteiger partial charge in [-0.05, 0) is 40.5 Å². The molecule has 0 bridgehead atoms. The topological polar surface area (TPSA) is 66.8 Å². The van der Waals surface area contributed by atoms with Gasteiger partial charge in [0.15, 0.2) is 0 Å². The van der Waals surface area contributed by atoms with Crippen molar-refractivity contribution in [3.8, 4) is 11.1 Å². The molecule has 2 aromatic rings. The Labute approximate surface area is 176 Å². The fourth-order valence-corrected chi connectivity index (χ4v) is 5.75. The summed E-state index contributed by atoms with van der Waals surface area (Å²) >= 11 is 0. The maximum atomic E-state index is 12.9. The number of carboxylic acids is 1. The van der Waals surface area contributed by atoms with E-state index in [2.05, 4.69) is 24.3 Å². The Morgan fingerprint density at radius 1 is 0.933 bits per heavy atom. The zero-order valence-corrected chi connectivity index (χ0v) is 17.0. The van der Waals surface area contributed by atoms with Crippen LogP contribution in [0, 0.1) is 11.8 Å². The molecule has 1 saturated heterocycles. The van der Waals surface area contributed by atoms with Crippen molar-refractivity contribution in [3.63, 3.8) is 0 Å². The molecule has 3 aliphatic rings. The largest absolute Gasteiger partial charge is 0.480 e. The molecule has 2 fully saturated rings. The lowest BCUT2D eigenvalue weighted by molar-refractivity contribution is -0.141. The van der Waals surface area contributed by atoms with Crippen LogP contribution in [0.15, 0.2) is 48.5 Å². The SMILES string of the molecule is O=C(O)C1CC(C2CCCC2)CN1C(=O)OCC1c2ccccc2-c2ccccc21. The van der Waals surface area contributed by atoms with E-state index in [-0.39, 0.29) is 18.4 Å². The van der Waals surface area contributed by atoms with E-state index in [1.807, 2.05) is 24.3 Å². The zero-order chi connectivity index (χ0) is 20.7.